The lowest BCUT2D eigenvalue weighted by Gasteiger charge is -2.48. The van der Waals surface area contributed by atoms with Crippen molar-refractivity contribution in [3.05, 3.63) is 58.3 Å². The van der Waals surface area contributed by atoms with Crippen LogP contribution in [0.15, 0.2) is 47.1 Å². The lowest BCUT2D eigenvalue weighted by molar-refractivity contribution is -0.147. The summed E-state index contributed by atoms with van der Waals surface area (Å²) in [5.74, 6) is -4.58. The zero-order valence-electron chi connectivity index (χ0n) is 19.3. The number of hydrogen-bond donors (Lipinski definition) is 4. The van der Waals surface area contributed by atoms with Crippen LogP contribution in [0.25, 0.3) is 6.08 Å². The van der Waals surface area contributed by atoms with Crippen LogP contribution in [0.1, 0.15) is 50.3 Å². The fraction of sp³-hybridized carbons (Fsp3) is 0.458. The van der Waals surface area contributed by atoms with E-state index in [4.69, 9.17) is 5.73 Å². The largest absolute Gasteiger partial charge is 0.403 e. The number of allylic oxidation sites excluding steroid dienone is 2. The highest BCUT2D eigenvalue weighted by Gasteiger charge is 2.59. The minimum Gasteiger partial charge on any atom is -0.403 e. The molecule has 3 fully saturated rings. The van der Waals surface area contributed by atoms with Crippen LogP contribution in [0.2, 0.25) is 0 Å². The van der Waals surface area contributed by atoms with Gasteiger partial charge in [0.25, 0.3) is 24.0 Å². The fourth-order valence-corrected chi connectivity index (χ4v) is 4.97. The first-order valence-electron chi connectivity index (χ1n) is 11.3. The Kier molecular flexibility index (Phi) is 6.37. The first-order chi connectivity index (χ1) is 16.5. The van der Waals surface area contributed by atoms with Crippen LogP contribution in [0.3, 0.4) is 0 Å². The fourth-order valence-electron chi connectivity index (χ4n) is 4.97. The third kappa shape index (κ3) is 4.89. The van der Waals surface area contributed by atoms with Crippen molar-refractivity contribution in [1.82, 2.24) is 20.9 Å². The first kappa shape index (κ1) is 24.7. The number of amides is 1. The van der Waals surface area contributed by atoms with Crippen LogP contribution in [0.5, 0.6) is 0 Å². The molecule has 4 rings (SSSR count). The predicted molar refractivity (Wildman–Crippen MR) is 121 cm³/mol. The van der Waals surface area contributed by atoms with Gasteiger partial charge in [-0.1, -0.05) is 6.08 Å². The van der Waals surface area contributed by atoms with Gasteiger partial charge < -0.3 is 21.7 Å². The van der Waals surface area contributed by atoms with Crippen LogP contribution < -0.4 is 21.7 Å². The number of carbonyl (C=O) groups excluding carboxylic acids is 2. The number of aromatic nitrogens is 1. The second-order valence-electron chi connectivity index (χ2n) is 9.35. The SMILES string of the molecule is CN/C(=C\N)C1(NC(=O)C(=O)C(/C(C)=C/c2ccnc(C(F)F)c2)=C2\CC3C[C@H]3N2)CC(F)(F)C1. The van der Waals surface area contributed by atoms with Crippen LogP contribution in [0.4, 0.5) is 17.6 Å². The molecule has 1 saturated heterocycles. The predicted octanol–water partition coefficient (Wildman–Crippen LogP) is 2.93. The minimum absolute atomic E-state index is 0.106. The number of nitrogens with two attached hydrogens (primary N) is 1. The molecule has 7 nitrogen and oxygen atoms in total. The normalized spacial score (nSPS) is 25.8. The van der Waals surface area contributed by atoms with Crippen LogP contribution in [0, 0.1) is 5.92 Å². The topological polar surface area (TPSA) is 109 Å². The number of alkyl halides is 4. The molecule has 2 aliphatic carbocycles. The minimum atomic E-state index is -3.00. The highest BCUT2D eigenvalue weighted by Crippen LogP contribution is 2.49. The van der Waals surface area contributed by atoms with Crippen molar-refractivity contribution in [1.29, 1.82) is 0 Å². The summed E-state index contributed by atoms with van der Waals surface area (Å²) < 4.78 is 53.7. The average molecular weight is 494 g/mol. The summed E-state index contributed by atoms with van der Waals surface area (Å²) in [7, 11) is 1.49. The van der Waals surface area contributed by atoms with Gasteiger partial charge in [-0.15, -0.1) is 0 Å². The van der Waals surface area contributed by atoms with Crippen LogP contribution in [-0.4, -0.2) is 41.2 Å². The van der Waals surface area contributed by atoms with E-state index in [0.717, 1.165) is 12.6 Å². The highest BCUT2D eigenvalue weighted by atomic mass is 19.3. The van der Waals surface area contributed by atoms with E-state index in [-0.39, 0.29) is 17.3 Å². The molecule has 1 aromatic rings. The van der Waals surface area contributed by atoms with Gasteiger partial charge >= 0.3 is 0 Å². The van der Waals surface area contributed by atoms with Crippen molar-refractivity contribution in [3.63, 3.8) is 0 Å². The molecular weight excluding hydrogens is 466 g/mol. The zero-order valence-corrected chi connectivity index (χ0v) is 19.3. The maximum Gasteiger partial charge on any atom is 0.293 e. The average Bonchev–Trinajstić information content (AvgIpc) is 3.38. The molecule has 5 N–H and O–H groups in total. The van der Waals surface area contributed by atoms with Gasteiger partial charge in [0.1, 0.15) is 5.69 Å². The summed E-state index contributed by atoms with van der Waals surface area (Å²) in [6.45, 7) is 1.60. The molecule has 2 heterocycles. The van der Waals surface area contributed by atoms with Gasteiger partial charge in [0.2, 0.25) is 0 Å². The van der Waals surface area contributed by atoms with Crippen molar-refractivity contribution in [2.45, 2.75) is 56.5 Å². The number of pyridine rings is 1. The van der Waals surface area contributed by atoms with Crippen LogP contribution >= 0.6 is 0 Å². The quantitative estimate of drug-likeness (QED) is 0.252. The van der Waals surface area contributed by atoms with Crippen molar-refractivity contribution < 1.29 is 27.2 Å². The third-order valence-electron chi connectivity index (χ3n) is 6.72. The van der Waals surface area contributed by atoms with Gasteiger partial charge in [0.15, 0.2) is 0 Å². The molecule has 2 atom stereocenters. The maximum absolute atomic E-state index is 13.8. The van der Waals surface area contributed by atoms with Gasteiger partial charge in [0, 0.05) is 49.6 Å². The second-order valence-corrected chi connectivity index (χ2v) is 9.35. The lowest BCUT2D eigenvalue weighted by Crippen LogP contribution is -2.66. The molecule has 1 aliphatic heterocycles. The molecule has 188 valence electrons. The number of nitrogens with zero attached hydrogens (tertiary/aromatic N) is 1. The summed E-state index contributed by atoms with van der Waals surface area (Å²) in [4.78, 5) is 30.1. The summed E-state index contributed by atoms with van der Waals surface area (Å²) in [5, 5.41) is 8.45. The Morgan fingerprint density at radius 1 is 1.31 bits per heavy atom. The molecule has 11 heteroatoms. The molecule has 0 spiro atoms. The summed E-state index contributed by atoms with van der Waals surface area (Å²) >= 11 is 0. The van der Waals surface area contributed by atoms with E-state index in [1.165, 1.54) is 31.5 Å². The standard InChI is InChI=1S/C24H27F4N5O2/c1-12(5-13-3-4-31-17(6-13)21(25)26)19(16-8-14-7-15(14)32-16)20(34)22(35)33-23(18(9-29)30-2)10-24(27,28)11-23/h3-6,9,14-15,21,30,32H,7-8,10-11,29H2,1-2H3,(H,33,35)/b12-5+,18-9-,19-16+/t14?,15-/m1/s1. The smallest absolute Gasteiger partial charge is 0.293 e. The van der Waals surface area contributed by atoms with E-state index in [0.29, 0.717) is 29.2 Å². The Morgan fingerprint density at radius 2 is 2.03 bits per heavy atom. The van der Waals surface area contributed by atoms with Crippen molar-refractivity contribution >= 4 is 17.8 Å². The molecular formula is C24H27F4N5O2. The van der Waals surface area contributed by atoms with E-state index in [2.05, 4.69) is 20.9 Å². The molecule has 0 radical (unpaired) electrons. The molecule has 0 aromatic carbocycles. The van der Waals surface area contributed by atoms with Gasteiger partial charge in [-0.3, -0.25) is 14.6 Å². The molecule has 2 saturated carbocycles. The molecule has 0 bridgehead atoms. The van der Waals surface area contributed by atoms with Gasteiger partial charge in [-0.2, -0.15) is 0 Å². The Bertz CT molecular complexity index is 1120. The van der Waals surface area contributed by atoms with Crippen molar-refractivity contribution in [2.75, 3.05) is 7.05 Å². The number of rotatable bonds is 8. The molecule has 1 amide bonds. The highest BCUT2D eigenvalue weighted by molar-refractivity contribution is 6.44. The summed E-state index contributed by atoms with van der Waals surface area (Å²) in [6.07, 6.45) is 1.25. The Balaban J connectivity index is 1.64. The first-order valence-corrected chi connectivity index (χ1v) is 11.3. The zero-order chi connectivity index (χ0) is 25.5. The number of likely N-dealkylation sites (N-methyl/N-ethyl adjacent to an activating group) is 1. The van der Waals surface area contributed by atoms with Crippen LogP contribution in [-0.2, 0) is 9.59 Å². The van der Waals surface area contributed by atoms with Gasteiger partial charge in [-0.05, 0) is 49.0 Å². The van der Waals surface area contributed by atoms with E-state index < -0.39 is 48.1 Å². The number of fused-ring (bicyclic) bond motifs is 1. The van der Waals surface area contributed by atoms with E-state index in [1.807, 2.05) is 0 Å². The molecule has 1 aromatic heterocycles. The van der Waals surface area contributed by atoms with Gasteiger partial charge in [0.05, 0.1) is 11.2 Å². The Labute approximate surface area is 199 Å². The maximum atomic E-state index is 13.8. The van der Waals surface area contributed by atoms with E-state index >= 15 is 0 Å². The summed E-state index contributed by atoms with van der Waals surface area (Å²) in [5.41, 5.74) is 5.32. The third-order valence-corrected chi connectivity index (χ3v) is 6.72. The molecule has 3 aliphatic rings. The Morgan fingerprint density at radius 3 is 2.57 bits per heavy atom. The number of halogens is 4. The molecule has 1 unspecified atom stereocenters. The van der Waals surface area contributed by atoms with Gasteiger partial charge in [-0.25, -0.2) is 17.6 Å². The second kappa shape index (κ2) is 9.01. The van der Waals surface area contributed by atoms with E-state index in [1.54, 1.807) is 6.92 Å². The monoisotopic (exact) mass is 493 g/mol. The number of ketones is 1. The summed E-state index contributed by atoms with van der Waals surface area (Å²) in [6, 6.07) is 2.94. The number of carbonyl (C=O) groups is 2. The molecule has 35 heavy (non-hydrogen) atoms. The number of piperidine rings is 1. The Hall–Kier alpha value is -3.37. The lowest BCUT2D eigenvalue weighted by atomic mass is 9.71. The van der Waals surface area contributed by atoms with Crippen molar-refractivity contribution in [3.8, 4) is 0 Å². The number of hydrogen-bond acceptors (Lipinski definition) is 6. The number of Topliss-reactive ketones (excluding diaryl/α,β-unsaturated/α-hetero) is 1. The number of nitrogens with one attached hydrogen (secondary N) is 3. The van der Waals surface area contributed by atoms with Crippen molar-refractivity contribution in [2.24, 2.45) is 11.7 Å². The van der Waals surface area contributed by atoms with E-state index in [9.17, 15) is 27.2 Å².